The van der Waals surface area contributed by atoms with E-state index < -0.39 is 18.0 Å². The average molecular weight is 313 g/mol. The van der Waals surface area contributed by atoms with Crippen molar-refractivity contribution >= 4 is 23.6 Å². The number of nitrogens with one attached hydrogen (secondary N) is 2. The first kappa shape index (κ1) is 17.3. The largest absolute Gasteiger partial charge is 0.479 e. The van der Waals surface area contributed by atoms with Gasteiger partial charge in [0.25, 0.3) is 0 Å². The number of benzene rings is 1. The summed E-state index contributed by atoms with van der Waals surface area (Å²) < 4.78 is 0. The van der Waals surface area contributed by atoms with E-state index in [0.717, 1.165) is 12.8 Å². The van der Waals surface area contributed by atoms with Gasteiger partial charge in [0.1, 0.15) is 0 Å². The molecule has 0 aliphatic rings. The number of carbonyl (C=O) groups excluding carboxylic acids is 1. The minimum Gasteiger partial charge on any atom is -0.479 e. The third-order valence-electron chi connectivity index (χ3n) is 3.71. The van der Waals surface area contributed by atoms with Crippen molar-refractivity contribution in [3.63, 3.8) is 0 Å². The quantitative estimate of drug-likeness (QED) is 0.753. The Morgan fingerprint density at radius 3 is 2.33 bits per heavy atom. The predicted octanol–water partition coefficient (Wildman–Crippen LogP) is 3.34. The van der Waals surface area contributed by atoms with Crippen molar-refractivity contribution in [2.24, 2.45) is 0 Å². The lowest BCUT2D eigenvalue weighted by Crippen LogP contribution is -2.51. The van der Waals surface area contributed by atoms with Crippen molar-refractivity contribution < 1.29 is 14.7 Å². The van der Waals surface area contributed by atoms with Gasteiger partial charge in [-0.3, -0.25) is 0 Å². The smallest absolute Gasteiger partial charge is 0.331 e. The van der Waals surface area contributed by atoms with E-state index in [1.54, 1.807) is 24.3 Å². The number of rotatable bonds is 6. The van der Waals surface area contributed by atoms with E-state index in [1.807, 2.05) is 20.8 Å². The molecule has 2 amide bonds. The second-order valence-corrected chi connectivity index (χ2v) is 5.57. The number of amides is 2. The number of halogens is 1. The first-order valence-corrected chi connectivity index (χ1v) is 7.26. The molecule has 0 radical (unpaired) electrons. The summed E-state index contributed by atoms with van der Waals surface area (Å²) in [6.45, 7) is 5.84. The molecule has 21 heavy (non-hydrogen) atoms. The fourth-order valence-corrected chi connectivity index (χ4v) is 2.09. The van der Waals surface area contributed by atoms with E-state index in [1.165, 1.54) is 0 Å². The number of urea groups is 1. The van der Waals surface area contributed by atoms with Crippen LogP contribution in [0.5, 0.6) is 0 Å². The SMILES string of the molecule is CCC(C)(CC)NC(=O)N[C@@H](C(=O)O)c1ccccc1Cl. The fraction of sp³-hybridized carbons (Fsp3) is 0.467. The van der Waals surface area contributed by atoms with E-state index in [-0.39, 0.29) is 5.54 Å². The zero-order chi connectivity index (χ0) is 16.0. The van der Waals surface area contributed by atoms with Crippen molar-refractivity contribution in [3.05, 3.63) is 34.9 Å². The van der Waals surface area contributed by atoms with Crippen LogP contribution >= 0.6 is 11.6 Å². The van der Waals surface area contributed by atoms with Crippen LogP contribution in [0, 0.1) is 0 Å². The van der Waals surface area contributed by atoms with Crippen LogP contribution in [0.1, 0.15) is 45.2 Å². The lowest BCUT2D eigenvalue weighted by Gasteiger charge is -2.29. The molecule has 0 spiro atoms. The summed E-state index contributed by atoms with van der Waals surface area (Å²) in [5, 5.41) is 14.9. The van der Waals surface area contributed by atoms with Crippen LogP contribution in [0.2, 0.25) is 5.02 Å². The van der Waals surface area contributed by atoms with Crippen molar-refractivity contribution in [1.29, 1.82) is 0 Å². The molecule has 0 fully saturated rings. The Morgan fingerprint density at radius 2 is 1.86 bits per heavy atom. The number of hydrogen-bond acceptors (Lipinski definition) is 2. The van der Waals surface area contributed by atoms with Gasteiger partial charge < -0.3 is 15.7 Å². The molecule has 0 aromatic heterocycles. The monoisotopic (exact) mass is 312 g/mol. The van der Waals surface area contributed by atoms with Gasteiger partial charge in [0.2, 0.25) is 0 Å². The maximum Gasteiger partial charge on any atom is 0.331 e. The average Bonchev–Trinajstić information content (AvgIpc) is 2.45. The third-order valence-corrected chi connectivity index (χ3v) is 4.06. The molecule has 0 bridgehead atoms. The molecule has 3 N–H and O–H groups in total. The van der Waals surface area contributed by atoms with Gasteiger partial charge >= 0.3 is 12.0 Å². The molecule has 0 aliphatic heterocycles. The number of hydrogen-bond donors (Lipinski definition) is 3. The van der Waals surface area contributed by atoms with E-state index in [4.69, 9.17) is 11.6 Å². The molecule has 0 heterocycles. The molecule has 0 aliphatic carbocycles. The van der Waals surface area contributed by atoms with E-state index in [9.17, 15) is 14.7 Å². The Labute approximate surface area is 129 Å². The molecule has 1 atom stereocenters. The predicted molar refractivity (Wildman–Crippen MR) is 82.5 cm³/mol. The lowest BCUT2D eigenvalue weighted by molar-refractivity contribution is -0.139. The van der Waals surface area contributed by atoms with Gasteiger partial charge in [0, 0.05) is 16.1 Å². The zero-order valence-corrected chi connectivity index (χ0v) is 13.2. The van der Waals surface area contributed by atoms with Gasteiger partial charge in [-0.2, -0.15) is 0 Å². The van der Waals surface area contributed by atoms with E-state index in [0.29, 0.717) is 10.6 Å². The molecule has 0 saturated carbocycles. The van der Waals surface area contributed by atoms with Crippen LogP contribution in [-0.4, -0.2) is 22.6 Å². The van der Waals surface area contributed by atoms with Crippen LogP contribution in [0.4, 0.5) is 4.79 Å². The molecule has 1 aromatic carbocycles. The van der Waals surface area contributed by atoms with Gasteiger partial charge in [0.05, 0.1) is 0 Å². The number of carboxylic acid groups (broad SMARTS) is 1. The van der Waals surface area contributed by atoms with Crippen LogP contribution in [0.15, 0.2) is 24.3 Å². The molecule has 0 unspecified atom stereocenters. The minimum absolute atomic E-state index is 0.305. The fourth-order valence-electron chi connectivity index (χ4n) is 1.85. The topological polar surface area (TPSA) is 78.4 Å². The van der Waals surface area contributed by atoms with Crippen molar-refractivity contribution in [1.82, 2.24) is 10.6 Å². The molecule has 1 rings (SSSR count). The summed E-state index contributed by atoms with van der Waals surface area (Å²) in [7, 11) is 0. The van der Waals surface area contributed by atoms with Crippen LogP contribution in [0.3, 0.4) is 0 Å². The highest BCUT2D eigenvalue weighted by molar-refractivity contribution is 6.31. The van der Waals surface area contributed by atoms with Gasteiger partial charge in [-0.25, -0.2) is 9.59 Å². The van der Waals surface area contributed by atoms with E-state index >= 15 is 0 Å². The zero-order valence-electron chi connectivity index (χ0n) is 12.4. The van der Waals surface area contributed by atoms with Gasteiger partial charge in [-0.05, 0) is 25.8 Å². The normalized spacial score (nSPS) is 12.6. The number of aliphatic carboxylic acids is 1. The number of carboxylic acids is 1. The molecular weight excluding hydrogens is 292 g/mol. The molecule has 116 valence electrons. The van der Waals surface area contributed by atoms with E-state index in [2.05, 4.69) is 10.6 Å². The Kier molecular flexibility index (Phi) is 6.03. The van der Waals surface area contributed by atoms with Gasteiger partial charge in [-0.15, -0.1) is 0 Å². The Hall–Kier alpha value is -1.75. The highest BCUT2D eigenvalue weighted by atomic mass is 35.5. The van der Waals surface area contributed by atoms with Crippen molar-refractivity contribution in [3.8, 4) is 0 Å². The lowest BCUT2D eigenvalue weighted by atomic mass is 9.96. The summed E-state index contributed by atoms with van der Waals surface area (Å²) >= 11 is 6.00. The summed E-state index contributed by atoms with van der Waals surface area (Å²) in [5.74, 6) is -1.16. The first-order valence-electron chi connectivity index (χ1n) is 6.89. The third kappa shape index (κ3) is 4.63. The van der Waals surface area contributed by atoms with Gasteiger partial charge in [0.15, 0.2) is 6.04 Å². The minimum atomic E-state index is -1.18. The Morgan fingerprint density at radius 1 is 1.29 bits per heavy atom. The second kappa shape index (κ2) is 7.31. The standard InChI is InChI=1S/C15H21ClN2O3/c1-4-15(3,5-2)18-14(21)17-12(13(19)20)10-8-6-7-9-11(10)16/h6-9,12H,4-5H2,1-3H3,(H,19,20)(H2,17,18,21)/t12-/m1/s1. The molecule has 5 nitrogen and oxygen atoms in total. The van der Waals surface area contributed by atoms with Crippen molar-refractivity contribution in [2.75, 3.05) is 0 Å². The maximum atomic E-state index is 12.0. The maximum absolute atomic E-state index is 12.0. The second-order valence-electron chi connectivity index (χ2n) is 5.16. The molecule has 1 aromatic rings. The molecule has 0 saturated heterocycles. The number of carbonyl (C=O) groups is 2. The van der Waals surface area contributed by atoms with Crippen LogP contribution in [-0.2, 0) is 4.79 Å². The van der Waals surface area contributed by atoms with Gasteiger partial charge in [-0.1, -0.05) is 43.6 Å². The summed E-state index contributed by atoms with van der Waals surface area (Å²) in [6.07, 6.45) is 1.50. The molecule has 6 heteroatoms. The Balaban J connectivity index is 2.88. The Bertz CT molecular complexity index is 515. The highest BCUT2D eigenvalue weighted by Gasteiger charge is 2.27. The summed E-state index contributed by atoms with van der Waals surface area (Å²) in [6, 6.07) is 4.86. The summed E-state index contributed by atoms with van der Waals surface area (Å²) in [5.41, 5.74) is -0.00956. The van der Waals surface area contributed by atoms with Crippen LogP contribution < -0.4 is 10.6 Å². The van der Waals surface area contributed by atoms with Crippen molar-refractivity contribution in [2.45, 2.75) is 45.2 Å². The van der Waals surface area contributed by atoms with Crippen LogP contribution in [0.25, 0.3) is 0 Å². The molecular formula is C15H21ClN2O3. The highest BCUT2D eigenvalue weighted by Crippen LogP contribution is 2.23. The summed E-state index contributed by atoms with van der Waals surface area (Å²) in [4.78, 5) is 23.4. The first-order chi connectivity index (χ1) is 9.83.